The number of nitrogens with one attached hydrogen (secondary N) is 1. The second-order valence-electron chi connectivity index (χ2n) is 7.27. The maximum atomic E-state index is 3.84. The summed E-state index contributed by atoms with van der Waals surface area (Å²) in [7, 11) is 0. The van der Waals surface area contributed by atoms with Crippen LogP contribution in [0.3, 0.4) is 0 Å². The lowest BCUT2D eigenvalue weighted by atomic mass is 9.95. The van der Waals surface area contributed by atoms with E-state index < -0.39 is 0 Å². The van der Waals surface area contributed by atoms with E-state index in [0.29, 0.717) is 6.04 Å². The monoisotopic (exact) mass is 279 g/mol. The molecule has 0 bridgehead atoms. The van der Waals surface area contributed by atoms with Crippen LogP contribution in [0.5, 0.6) is 0 Å². The van der Waals surface area contributed by atoms with Crippen molar-refractivity contribution in [2.45, 2.75) is 76.4 Å². The van der Waals surface area contributed by atoms with E-state index in [2.05, 4.69) is 22.0 Å². The van der Waals surface area contributed by atoms with Gasteiger partial charge in [0.05, 0.1) is 0 Å². The Hall–Kier alpha value is -0.120. The third kappa shape index (κ3) is 3.75. The molecule has 2 saturated heterocycles. The number of piperazine rings is 1. The molecule has 3 fully saturated rings. The fourth-order valence-electron chi connectivity index (χ4n) is 4.35. The van der Waals surface area contributed by atoms with Crippen molar-refractivity contribution in [3.8, 4) is 0 Å². The van der Waals surface area contributed by atoms with E-state index in [1.54, 1.807) is 0 Å². The Bertz CT molecular complexity index is 288. The third-order valence-electron chi connectivity index (χ3n) is 5.80. The van der Waals surface area contributed by atoms with E-state index in [4.69, 9.17) is 0 Å². The summed E-state index contributed by atoms with van der Waals surface area (Å²) in [6.45, 7) is 8.87. The molecule has 2 aliphatic heterocycles. The van der Waals surface area contributed by atoms with Crippen LogP contribution < -0.4 is 5.32 Å². The molecule has 0 aromatic heterocycles. The summed E-state index contributed by atoms with van der Waals surface area (Å²) >= 11 is 0. The van der Waals surface area contributed by atoms with Gasteiger partial charge in [-0.3, -0.25) is 9.80 Å². The summed E-state index contributed by atoms with van der Waals surface area (Å²) < 4.78 is 0. The summed E-state index contributed by atoms with van der Waals surface area (Å²) in [6, 6.07) is 2.37. The van der Waals surface area contributed by atoms with E-state index >= 15 is 0 Å². The second kappa shape index (κ2) is 7.24. The molecule has 116 valence electrons. The minimum Gasteiger partial charge on any atom is -0.312 e. The van der Waals surface area contributed by atoms with Crippen LogP contribution in [0, 0.1) is 0 Å². The van der Waals surface area contributed by atoms with Crippen LogP contribution >= 0.6 is 0 Å². The van der Waals surface area contributed by atoms with E-state index in [0.717, 1.165) is 12.1 Å². The van der Waals surface area contributed by atoms with Gasteiger partial charge in [-0.2, -0.15) is 0 Å². The number of hydrogen-bond donors (Lipinski definition) is 1. The molecule has 20 heavy (non-hydrogen) atoms. The van der Waals surface area contributed by atoms with Crippen molar-refractivity contribution in [2.75, 3.05) is 32.7 Å². The van der Waals surface area contributed by atoms with Crippen molar-refractivity contribution < 1.29 is 0 Å². The van der Waals surface area contributed by atoms with Crippen molar-refractivity contribution in [3.05, 3.63) is 0 Å². The molecule has 0 amide bonds. The largest absolute Gasteiger partial charge is 0.312 e. The van der Waals surface area contributed by atoms with E-state index in [1.807, 2.05) is 0 Å². The van der Waals surface area contributed by atoms with Crippen molar-refractivity contribution in [1.82, 2.24) is 15.1 Å². The number of rotatable bonds is 4. The molecule has 3 rings (SSSR count). The molecule has 3 heteroatoms. The lowest BCUT2D eigenvalue weighted by molar-refractivity contribution is 0.0304. The van der Waals surface area contributed by atoms with Crippen molar-refractivity contribution in [3.63, 3.8) is 0 Å². The fourth-order valence-corrected chi connectivity index (χ4v) is 4.35. The van der Waals surface area contributed by atoms with Gasteiger partial charge in [0.2, 0.25) is 0 Å². The summed E-state index contributed by atoms with van der Waals surface area (Å²) in [5.41, 5.74) is 0. The predicted octanol–water partition coefficient (Wildman–Crippen LogP) is 2.47. The Balaban J connectivity index is 1.41. The van der Waals surface area contributed by atoms with Crippen LogP contribution in [0.4, 0.5) is 0 Å². The van der Waals surface area contributed by atoms with Gasteiger partial charge in [0.1, 0.15) is 0 Å². The Morgan fingerprint density at radius 2 is 1.75 bits per heavy atom. The standard InChI is InChI=1S/C17H33N3/c1-15(13-18-16-7-3-2-4-8-16)20-12-11-19-10-6-5-9-17(19)14-20/h15-18H,2-14H2,1H3. The van der Waals surface area contributed by atoms with Crippen LogP contribution in [0.2, 0.25) is 0 Å². The molecule has 3 aliphatic rings. The average Bonchev–Trinajstić information content (AvgIpc) is 2.53. The zero-order valence-electron chi connectivity index (χ0n) is 13.3. The average molecular weight is 279 g/mol. The molecule has 1 saturated carbocycles. The molecule has 2 heterocycles. The van der Waals surface area contributed by atoms with Crippen molar-refractivity contribution >= 4 is 0 Å². The summed E-state index contributed by atoms with van der Waals surface area (Å²) in [4.78, 5) is 5.48. The summed E-state index contributed by atoms with van der Waals surface area (Å²) in [6.07, 6.45) is 11.4. The maximum absolute atomic E-state index is 3.84. The Labute approximate surface area is 125 Å². The van der Waals surface area contributed by atoms with Crippen molar-refractivity contribution in [1.29, 1.82) is 0 Å². The van der Waals surface area contributed by atoms with E-state index in [1.165, 1.54) is 84.1 Å². The van der Waals surface area contributed by atoms with Gasteiger partial charge < -0.3 is 5.32 Å². The fraction of sp³-hybridized carbons (Fsp3) is 1.00. The molecule has 2 atom stereocenters. The highest BCUT2D eigenvalue weighted by atomic mass is 15.3. The highest BCUT2D eigenvalue weighted by molar-refractivity contribution is 4.87. The second-order valence-corrected chi connectivity index (χ2v) is 7.27. The molecule has 0 spiro atoms. The summed E-state index contributed by atoms with van der Waals surface area (Å²) in [5, 5.41) is 3.84. The highest BCUT2D eigenvalue weighted by Gasteiger charge is 2.30. The first-order valence-corrected chi connectivity index (χ1v) is 9.04. The molecule has 0 radical (unpaired) electrons. The van der Waals surface area contributed by atoms with Gasteiger partial charge in [0, 0.05) is 44.3 Å². The van der Waals surface area contributed by atoms with Gasteiger partial charge >= 0.3 is 0 Å². The maximum Gasteiger partial charge on any atom is 0.0223 e. The first-order valence-electron chi connectivity index (χ1n) is 9.04. The smallest absolute Gasteiger partial charge is 0.0223 e. The zero-order chi connectivity index (χ0) is 13.8. The predicted molar refractivity (Wildman–Crippen MR) is 85.1 cm³/mol. The van der Waals surface area contributed by atoms with Gasteiger partial charge in [-0.15, -0.1) is 0 Å². The minimum atomic E-state index is 0.709. The Kier molecular flexibility index (Phi) is 5.36. The van der Waals surface area contributed by atoms with Crippen LogP contribution in [-0.4, -0.2) is 60.6 Å². The highest BCUT2D eigenvalue weighted by Crippen LogP contribution is 2.22. The molecule has 0 aromatic rings. The molecule has 1 aliphatic carbocycles. The quantitative estimate of drug-likeness (QED) is 0.853. The molecular formula is C17H33N3. The van der Waals surface area contributed by atoms with Gasteiger partial charge in [-0.1, -0.05) is 25.7 Å². The molecule has 3 nitrogen and oxygen atoms in total. The zero-order valence-corrected chi connectivity index (χ0v) is 13.3. The topological polar surface area (TPSA) is 18.5 Å². The van der Waals surface area contributed by atoms with Crippen LogP contribution in [-0.2, 0) is 0 Å². The van der Waals surface area contributed by atoms with Crippen LogP contribution in [0.25, 0.3) is 0 Å². The third-order valence-corrected chi connectivity index (χ3v) is 5.80. The van der Waals surface area contributed by atoms with Gasteiger partial charge in [0.25, 0.3) is 0 Å². The lowest BCUT2D eigenvalue weighted by Gasteiger charge is -2.46. The molecule has 2 unspecified atom stereocenters. The van der Waals surface area contributed by atoms with Crippen LogP contribution in [0.1, 0.15) is 58.3 Å². The van der Waals surface area contributed by atoms with E-state index in [-0.39, 0.29) is 0 Å². The van der Waals surface area contributed by atoms with E-state index in [9.17, 15) is 0 Å². The number of fused-ring (bicyclic) bond motifs is 1. The van der Waals surface area contributed by atoms with Crippen molar-refractivity contribution in [2.24, 2.45) is 0 Å². The minimum absolute atomic E-state index is 0.709. The first kappa shape index (κ1) is 14.8. The number of hydrogen-bond acceptors (Lipinski definition) is 3. The van der Waals surface area contributed by atoms with Gasteiger partial charge in [-0.05, 0) is 39.2 Å². The number of nitrogens with zero attached hydrogens (tertiary/aromatic N) is 2. The summed E-state index contributed by atoms with van der Waals surface area (Å²) in [5.74, 6) is 0. The van der Waals surface area contributed by atoms with Gasteiger partial charge in [-0.25, -0.2) is 0 Å². The number of piperidine rings is 1. The normalized spacial score (nSPS) is 31.9. The molecule has 1 N–H and O–H groups in total. The SMILES string of the molecule is CC(CNC1CCCCC1)N1CCN2CCCCC2C1. The Morgan fingerprint density at radius 3 is 2.60 bits per heavy atom. The van der Waals surface area contributed by atoms with Crippen LogP contribution in [0.15, 0.2) is 0 Å². The van der Waals surface area contributed by atoms with Gasteiger partial charge in [0.15, 0.2) is 0 Å². The molecule has 0 aromatic carbocycles. The molecular weight excluding hydrogens is 246 g/mol. The lowest BCUT2D eigenvalue weighted by Crippen LogP contribution is -2.58. The first-order chi connectivity index (χ1) is 9.83. The Morgan fingerprint density at radius 1 is 0.950 bits per heavy atom.